The van der Waals surface area contributed by atoms with Crippen LogP contribution in [0.4, 0.5) is 13.2 Å². The van der Waals surface area contributed by atoms with Crippen LogP contribution in [-0.4, -0.2) is 10.8 Å². The van der Waals surface area contributed by atoms with E-state index in [1.807, 2.05) is 0 Å². The number of hydrogen-bond donors (Lipinski definition) is 0. The highest BCUT2D eigenvalue weighted by molar-refractivity contribution is 5.97. The number of halogens is 3. The first-order valence-electron chi connectivity index (χ1n) is 5.14. The number of nitrogens with zero attached hydrogens (tertiary/aromatic N) is 1. The molecule has 0 N–H and O–H groups in total. The van der Waals surface area contributed by atoms with Crippen molar-refractivity contribution >= 4 is 5.78 Å². The van der Waals surface area contributed by atoms with Gasteiger partial charge in [-0.15, -0.1) is 0 Å². The van der Waals surface area contributed by atoms with E-state index in [0.29, 0.717) is 6.07 Å². The Morgan fingerprint density at radius 3 is 2.50 bits per heavy atom. The van der Waals surface area contributed by atoms with Gasteiger partial charge in [-0.25, -0.2) is 13.2 Å². The maximum absolute atomic E-state index is 13.3. The number of carbonyl (C=O) groups is 1. The summed E-state index contributed by atoms with van der Waals surface area (Å²) in [6.07, 6.45) is 1.90. The molecule has 0 atom stereocenters. The third kappa shape index (κ3) is 2.74. The van der Waals surface area contributed by atoms with Gasteiger partial charge in [-0.1, -0.05) is 6.07 Å². The Labute approximate surface area is 101 Å². The van der Waals surface area contributed by atoms with Crippen molar-refractivity contribution in [3.63, 3.8) is 0 Å². The summed E-state index contributed by atoms with van der Waals surface area (Å²) in [5, 5.41) is 0. The second-order valence-electron chi connectivity index (χ2n) is 3.73. The van der Waals surface area contributed by atoms with E-state index in [1.165, 1.54) is 12.3 Å². The van der Waals surface area contributed by atoms with Gasteiger partial charge in [-0.2, -0.15) is 0 Å². The molecule has 0 saturated heterocycles. The number of aromatic nitrogens is 1. The lowest BCUT2D eigenvalue weighted by molar-refractivity contribution is 0.0991. The minimum absolute atomic E-state index is 0.0544. The van der Waals surface area contributed by atoms with Crippen molar-refractivity contribution in [3.8, 4) is 0 Å². The number of rotatable bonds is 3. The maximum Gasteiger partial charge on any atom is 0.168 e. The number of carbonyl (C=O) groups excluding carboxylic acids is 1. The van der Waals surface area contributed by atoms with E-state index in [0.717, 1.165) is 18.3 Å². The van der Waals surface area contributed by atoms with Gasteiger partial charge in [0.15, 0.2) is 5.78 Å². The Morgan fingerprint density at radius 2 is 1.83 bits per heavy atom. The lowest BCUT2D eigenvalue weighted by Gasteiger charge is -2.03. The second kappa shape index (κ2) is 5.00. The van der Waals surface area contributed by atoms with Crippen LogP contribution in [0.3, 0.4) is 0 Å². The lowest BCUT2D eigenvalue weighted by atomic mass is 10.0. The summed E-state index contributed by atoms with van der Waals surface area (Å²) in [4.78, 5) is 15.3. The summed E-state index contributed by atoms with van der Waals surface area (Å²) in [6.45, 7) is 0. The summed E-state index contributed by atoms with van der Waals surface area (Å²) < 4.78 is 38.9. The smallest absolute Gasteiger partial charge is 0.168 e. The van der Waals surface area contributed by atoms with Gasteiger partial charge in [0.2, 0.25) is 0 Å². The zero-order valence-corrected chi connectivity index (χ0v) is 9.16. The van der Waals surface area contributed by atoms with Crippen LogP contribution in [0.2, 0.25) is 0 Å². The number of benzene rings is 1. The quantitative estimate of drug-likeness (QED) is 0.785. The molecule has 0 aliphatic carbocycles. The fourth-order valence-corrected chi connectivity index (χ4v) is 1.50. The normalized spacial score (nSPS) is 10.4. The minimum Gasteiger partial charge on any atom is -0.294 e. The molecule has 0 aliphatic rings. The van der Waals surface area contributed by atoms with Crippen LogP contribution in [-0.2, 0) is 6.42 Å². The molecule has 0 amide bonds. The van der Waals surface area contributed by atoms with Crippen molar-refractivity contribution < 1.29 is 18.0 Å². The van der Waals surface area contributed by atoms with Crippen LogP contribution < -0.4 is 0 Å². The van der Waals surface area contributed by atoms with E-state index >= 15 is 0 Å². The van der Waals surface area contributed by atoms with Crippen molar-refractivity contribution in [2.45, 2.75) is 6.42 Å². The Kier molecular flexibility index (Phi) is 3.41. The summed E-state index contributed by atoms with van der Waals surface area (Å²) in [5.74, 6) is -2.63. The predicted molar refractivity (Wildman–Crippen MR) is 58.6 cm³/mol. The molecular weight excluding hydrogens is 243 g/mol. The highest BCUT2D eigenvalue weighted by Gasteiger charge is 2.12. The molecule has 0 fully saturated rings. The van der Waals surface area contributed by atoms with Crippen LogP contribution >= 0.6 is 0 Å². The van der Waals surface area contributed by atoms with Gasteiger partial charge in [0.1, 0.15) is 17.5 Å². The van der Waals surface area contributed by atoms with Gasteiger partial charge in [0, 0.05) is 24.2 Å². The predicted octanol–water partition coefficient (Wildman–Crippen LogP) is 2.92. The van der Waals surface area contributed by atoms with Gasteiger partial charge in [0.05, 0.1) is 6.20 Å². The van der Waals surface area contributed by atoms with Crippen molar-refractivity contribution in [3.05, 3.63) is 65.2 Å². The zero-order chi connectivity index (χ0) is 13.1. The molecule has 18 heavy (non-hydrogen) atoms. The number of ketones is 1. The molecule has 0 spiro atoms. The molecule has 0 unspecified atom stereocenters. The fourth-order valence-electron chi connectivity index (χ4n) is 1.50. The highest BCUT2D eigenvalue weighted by atomic mass is 19.1. The molecule has 1 heterocycles. The van der Waals surface area contributed by atoms with E-state index in [9.17, 15) is 18.0 Å². The molecule has 2 nitrogen and oxygen atoms in total. The molecular formula is C13H8F3NO. The lowest BCUT2D eigenvalue weighted by Crippen LogP contribution is -2.06. The Hall–Kier alpha value is -2.17. The van der Waals surface area contributed by atoms with Gasteiger partial charge < -0.3 is 0 Å². The monoisotopic (exact) mass is 251 g/mol. The van der Waals surface area contributed by atoms with Crippen molar-refractivity contribution in [2.24, 2.45) is 0 Å². The molecule has 1 aromatic carbocycles. The first-order valence-corrected chi connectivity index (χ1v) is 5.14. The SMILES string of the molecule is O=C(Cc1ccc(F)cc1F)c1cncc(F)c1. The first-order chi connectivity index (χ1) is 8.56. The van der Waals surface area contributed by atoms with E-state index in [1.54, 1.807) is 0 Å². The molecule has 1 aromatic heterocycles. The van der Waals surface area contributed by atoms with Crippen molar-refractivity contribution in [1.82, 2.24) is 4.98 Å². The Morgan fingerprint density at radius 1 is 1.06 bits per heavy atom. The molecule has 0 radical (unpaired) electrons. The van der Waals surface area contributed by atoms with Gasteiger partial charge in [-0.3, -0.25) is 9.78 Å². The third-order valence-corrected chi connectivity index (χ3v) is 2.39. The third-order valence-electron chi connectivity index (χ3n) is 2.39. The van der Waals surface area contributed by atoms with Crippen LogP contribution in [0.25, 0.3) is 0 Å². The molecule has 2 rings (SSSR count). The molecule has 92 valence electrons. The average molecular weight is 251 g/mol. The largest absolute Gasteiger partial charge is 0.294 e. The molecule has 0 aliphatic heterocycles. The van der Waals surface area contributed by atoms with Crippen molar-refractivity contribution in [1.29, 1.82) is 0 Å². The van der Waals surface area contributed by atoms with Crippen LogP contribution in [0.1, 0.15) is 15.9 Å². The highest BCUT2D eigenvalue weighted by Crippen LogP contribution is 2.13. The summed E-state index contributed by atoms with van der Waals surface area (Å²) in [5.41, 5.74) is 0.115. The Bertz CT molecular complexity index is 599. The van der Waals surface area contributed by atoms with Gasteiger partial charge in [0.25, 0.3) is 0 Å². The molecule has 0 saturated carbocycles. The van der Waals surface area contributed by atoms with Crippen LogP contribution in [0.5, 0.6) is 0 Å². The molecule has 0 bridgehead atoms. The standard InChI is InChI=1S/C13H8F3NO/c14-10-2-1-8(12(16)5-10)4-13(18)9-3-11(15)7-17-6-9/h1-3,5-7H,4H2. The summed E-state index contributed by atoms with van der Waals surface area (Å²) >= 11 is 0. The summed E-state index contributed by atoms with van der Waals surface area (Å²) in [6, 6.07) is 3.98. The van der Waals surface area contributed by atoms with E-state index < -0.39 is 23.2 Å². The fraction of sp³-hybridized carbons (Fsp3) is 0.0769. The Balaban J connectivity index is 2.21. The summed E-state index contributed by atoms with van der Waals surface area (Å²) in [7, 11) is 0. The maximum atomic E-state index is 13.3. The average Bonchev–Trinajstić information content (AvgIpc) is 2.32. The van der Waals surface area contributed by atoms with Crippen LogP contribution in [0.15, 0.2) is 36.7 Å². The van der Waals surface area contributed by atoms with Crippen LogP contribution in [0, 0.1) is 17.5 Å². The first kappa shape index (κ1) is 12.3. The van der Waals surface area contributed by atoms with Gasteiger partial charge >= 0.3 is 0 Å². The number of Topliss-reactive ketones (excluding diaryl/α,β-unsaturated/α-hetero) is 1. The van der Waals surface area contributed by atoms with E-state index in [-0.39, 0.29) is 17.5 Å². The molecule has 2 aromatic rings. The van der Waals surface area contributed by atoms with E-state index in [2.05, 4.69) is 4.98 Å². The van der Waals surface area contributed by atoms with Gasteiger partial charge in [-0.05, 0) is 17.7 Å². The van der Waals surface area contributed by atoms with Crippen molar-refractivity contribution in [2.75, 3.05) is 0 Å². The number of hydrogen-bond acceptors (Lipinski definition) is 2. The zero-order valence-electron chi connectivity index (χ0n) is 9.16. The molecule has 5 heteroatoms. The second-order valence-corrected chi connectivity index (χ2v) is 3.73. The van der Waals surface area contributed by atoms with E-state index in [4.69, 9.17) is 0 Å². The minimum atomic E-state index is -0.798. The topological polar surface area (TPSA) is 30.0 Å². The number of pyridine rings is 1.